The lowest BCUT2D eigenvalue weighted by atomic mass is 9.46. The lowest BCUT2D eigenvalue weighted by molar-refractivity contribution is -0.150. The molecule has 5 aliphatic rings. The Morgan fingerprint density at radius 3 is 2.56 bits per heavy atom. The van der Waals surface area contributed by atoms with Gasteiger partial charge < -0.3 is 30.4 Å². The van der Waals surface area contributed by atoms with E-state index in [-0.39, 0.29) is 36.3 Å². The van der Waals surface area contributed by atoms with E-state index < -0.39 is 41.6 Å². The molecule has 43 heavy (non-hydrogen) atoms. The van der Waals surface area contributed by atoms with Gasteiger partial charge in [-0.2, -0.15) is 0 Å². The molecular formula is C33H47N3O7. The van der Waals surface area contributed by atoms with Gasteiger partial charge in [0, 0.05) is 18.4 Å². The van der Waals surface area contributed by atoms with E-state index >= 15 is 0 Å². The van der Waals surface area contributed by atoms with E-state index in [9.17, 15) is 29.7 Å². The highest BCUT2D eigenvalue weighted by atomic mass is 16.6. The van der Waals surface area contributed by atoms with E-state index in [4.69, 9.17) is 11.3 Å². The SMILES string of the molecule is C#C[C@@]1(O)CC[C@@H]2[C@@H]3CCC4=C/C(=N/OCC(=O)N[C@H](C(=O)N5C[C@H](O)C[C@@H]5C(=O)O)C(C)C)CC[C@]4(C)[C@@H]3CC[C@@]21C. The molecule has 236 valence electrons. The molecule has 10 heteroatoms. The number of terminal acetylenes is 1. The third kappa shape index (κ3) is 5.37. The van der Waals surface area contributed by atoms with E-state index in [2.05, 4.69) is 36.3 Å². The maximum atomic E-state index is 13.1. The molecule has 5 rings (SSSR count). The molecule has 0 radical (unpaired) electrons. The summed E-state index contributed by atoms with van der Waals surface area (Å²) in [4.78, 5) is 44.0. The van der Waals surface area contributed by atoms with Crippen LogP contribution in [0.2, 0.25) is 0 Å². The molecule has 4 aliphatic carbocycles. The minimum atomic E-state index is -1.18. The quantitative estimate of drug-likeness (QED) is 0.261. The zero-order valence-electron chi connectivity index (χ0n) is 25.8. The number of carbonyl (C=O) groups is 3. The smallest absolute Gasteiger partial charge is 0.326 e. The van der Waals surface area contributed by atoms with Crippen LogP contribution in [0, 0.1) is 46.8 Å². The van der Waals surface area contributed by atoms with Gasteiger partial charge in [0.2, 0.25) is 5.91 Å². The fourth-order valence-electron chi connectivity index (χ4n) is 9.27. The molecule has 1 heterocycles. The fourth-order valence-corrected chi connectivity index (χ4v) is 9.27. The number of likely N-dealkylation sites (tertiary alicyclic amines) is 1. The van der Waals surface area contributed by atoms with Crippen LogP contribution in [0.15, 0.2) is 16.8 Å². The Kier molecular flexibility index (Phi) is 8.47. The molecule has 0 aromatic heterocycles. The zero-order chi connectivity index (χ0) is 31.3. The summed E-state index contributed by atoms with van der Waals surface area (Å²) in [6.45, 7) is 7.66. The third-order valence-corrected chi connectivity index (χ3v) is 11.8. The van der Waals surface area contributed by atoms with Gasteiger partial charge >= 0.3 is 5.97 Å². The summed E-state index contributed by atoms with van der Waals surface area (Å²) in [5.41, 5.74) is 1.03. The molecular weight excluding hydrogens is 550 g/mol. The standard InChI is InChI=1S/C33H47N3O7/c1-6-33(42)14-11-25-23-8-7-20-15-21(9-12-31(20,4)24(23)10-13-32(25,33)5)35-43-18-27(38)34-28(19(2)3)29(39)36-17-22(37)16-26(36)30(40)41/h1,15,19,22-26,28,37,42H,7-14,16-18H2,2-5H3,(H,34,38)(H,40,41)/b35-21+/t22-,23-,24-,25-,26-,28+,31+,32+,33-/m1/s1. The number of rotatable bonds is 7. The average molecular weight is 598 g/mol. The number of nitrogens with one attached hydrogen (secondary N) is 1. The van der Waals surface area contributed by atoms with Crippen molar-refractivity contribution in [2.24, 2.45) is 39.7 Å². The number of carbonyl (C=O) groups excluding carboxylic acids is 2. The number of aliphatic carboxylic acids is 1. The molecule has 0 bridgehead atoms. The zero-order valence-corrected chi connectivity index (χ0v) is 25.8. The number of carboxylic acid groups (broad SMARTS) is 1. The minimum Gasteiger partial charge on any atom is -0.480 e. The molecule has 0 spiro atoms. The molecule has 0 aromatic rings. The molecule has 1 saturated heterocycles. The summed E-state index contributed by atoms with van der Waals surface area (Å²) in [5, 5.41) is 37.6. The second-order valence-corrected chi connectivity index (χ2v) is 14.4. The van der Waals surface area contributed by atoms with Crippen molar-refractivity contribution < 1.29 is 34.5 Å². The van der Waals surface area contributed by atoms with Crippen molar-refractivity contribution in [3.8, 4) is 12.3 Å². The highest BCUT2D eigenvalue weighted by Crippen LogP contribution is 2.67. The van der Waals surface area contributed by atoms with Gasteiger partial charge in [-0.15, -0.1) is 6.42 Å². The van der Waals surface area contributed by atoms with Gasteiger partial charge in [0.1, 0.15) is 17.7 Å². The van der Waals surface area contributed by atoms with Crippen molar-refractivity contribution in [3.63, 3.8) is 0 Å². The van der Waals surface area contributed by atoms with Crippen molar-refractivity contribution in [2.45, 2.75) is 109 Å². The van der Waals surface area contributed by atoms with Crippen LogP contribution in [0.5, 0.6) is 0 Å². The van der Waals surface area contributed by atoms with E-state index in [1.807, 2.05) is 0 Å². The summed E-state index contributed by atoms with van der Waals surface area (Å²) in [6, 6.07) is -2.07. The van der Waals surface area contributed by atoms with Crippen molar-refractivity contribution in [3.05, 3.63) is 11.6 Å². The maximum absolute atomic E-state index is 13.1. The lowest BCUT2D eigenvalue weighted by Crippen LogP contribution is -2.54. The largest absolute Gasteiger partial charge is 0.480 e. The van der Waals surface area contributed by atoms with Crippen molar-refractivity contribution >= 4 is 23.5 Å². The van der Waals surface area contributed by atoms with Gasteiger partial charge in [-0.05, 0) is 86.5 Å². The van der Waals surface area contributed by atoms with Crippen molar-refractivity contribution in [2.75, 3.05) is 13.2 Å². The van der Waals surface area contributed by atoms with Gasteiger partial charge in [-0.3, -0.25) is 9.59 Å². The monoisotopic (exact) mass is 597 g/mol. The number of nitrogens with zero attached hydrogens (tertiary/aromatic N) is 2. The first kappa shape index (κ1) is 31.5. The number of hydrogen-bond donors (Lipinski definition) is 4. The molecule has 9 atom stereocenters. The van der Waals surface area contributed by atoms with Gasteiger partial charge in [0.05, 0.1) is 11.8 Å². The predicted octanol–water partition coefficient (Wildman–Crippen LogP) is 2.87. The van der Waals surface area contributed by atoms with Crippen molar-refractivity contribution in [1.82, 2.24) is 10.2 Å². The van der Waals surface area contributed by atoms with Crippen LogP contribution in [0.3, 0.4) is 0 Å². The highest BCUT2D eigenvalue weighted by Gasteiger charge is 2.63. The maximum Gasteiger partial charge on any atom is 0.326 e. The van der Waals surface area contributed by atoms with Crippen LogP contribution in [-0.2, 0) is 19.2 Å². The molecule has 0 aromatic carbocycles. The second-order valence-electron chi connectivity index (χ2n) is 14.4. The van der Waals surface area contributed by atoms with E-state index in [0.717, 1.165) is 55.6 Å². The topological polar surface area (TPSA) is 149 Å². The van der Waals surface area contributed by atoms with Crippen LogP contribution < -0.4 is 5.32 Å². The number of fused-ring (bicyclic) bond motifs is 5. The van der Waals surface area contributed by atoms with Crippen LogP contribution in [0.4, 0.5) is 0 Å². The normalized spacial score (nSPS) is 40.1. The van der Waals surface area contributed by atoms with Crippen molar-refractivity contribution in [1.29, 1.82) is 0 Å². The lowest BCUT2D eigenvalue weighted by Gasteiger charge is -2.58. The molecule has 1 aliphatic heterocycles. The number of aliphatic hydroxyl groups is 2. The number of allylic oxidation sites excluding steroid dienone is 2. The molecule has 3 saturated carbocycles. The second kappa shape index (κ2) is 11.6. The van der Waals surface area contributed by atoms with Gasteiger partial charge in [0.15, 0.2) is 6.61 Å². The summed E-state index contributed by atoms with van der Waals surface area (Å²) in [7, 11) is 0. The first-order valence-corrected chi connectivity index (χ1v) is 15.8. The van der Waals surface area contributed by atoms with Gasteiger partial charge in [-0.1, -0.05) is 44.3 Å². The number of amides is 2. The Morgan fingerprint density at radius 1 is 1.16 bits per heavy atom. The number of hydrogen-bond acceptors (Lipinski definition) is 7. The number of aliphatic hydroxyl groups excluding tert-OH is 1. The Balaban J connectivity index is 1.19. The number of β-amino-alcohol motifs (C(OH)–C–C–N with tert-alkyl or cyclic N) is 1. The first-order valence-electron chi connectivity index (χ1n) is 15.8. The van der Waals surface area contributed by atoms with Crippen LogP contribution in [0.1, 0.15) is 85.5 Å². The van der Waals surface area contributed by atoms with Crippen LogP contribution >= 0.6 is 0 Å². The Bertz CT molecular complexity index is 1260. The number of oxime groups is 1. The molecule has 10 nitrogen and oxygen atoms in total. The van der Waals surface area contributed by atoms with E-state index in [0.29, 0.717) is 24.2 Å². The minimum absolute atomic E-state index is 0.0362. The Morgan fingerprint density at radius 2 is 1.88 bits per heavy atom. The number of carboxylic acids is 1. The third-order valence-electron chi connectivity index (χ3n) is 11.8. The average Bonchev–Trinajstić information content (AvgIpc) is 3.48. The van der Waals surface area contributed by atoms with Gasteiger partial charge in [-0.25, -0.2) is 4.79 Å². The molecule has 2 amide bonds. The Hall–Kier alpha value is -2.90. The summed E-state index contributed by atoms with van der Waals surface area (Å²) in [5.74, 6) is 1.75. The van der Waals surface area contributed by atoms with Crippen LogP contribution in [-0.4, -0.2) is 80.7 Å². The summed E-state index contributed by atoms with van der Waals surface area (Å²) >= 11 is 0. The summed E-state index contributed by atoms with van der Waals surface area (Å²) < 4.78 is 0. The highest BCUT2D eigenvalue weighted by molar-refractivity contribution is 5.96. The molecule has 4 fully saturated rings. The molecule has 0 unspecified atom stereocenters. The fraction of sp³-hybridized carbons (Fsp3) is 0.758. The van der Waals surface area contributed by atoms with E-state index in [1.165, 1.54) is 5.57 Å². The predicted molar refractivity (Wildman–Crippen MR) is 159 cm³/mol. The van der Waals surface area contributed by atoms with Gasteiger partial charge in [0.25, 0.3) is 5.91 Å². The summed E-state index contributed by atoms with van der Waals surface area (Å²) in [6.07, 6.45) is 14.4. The Labute approximate surface area is 254 Å². The molecule has 4 N–H and O–H groups in total. The van der Waals surface area contributed by atoms with E-state index in [1.54, 1.807) is 13.8 Å². The van der Waals surface area contributed by atoms with Crippen LogP contribution in [0.25, 0.3) is 0 Å². The first-order chi connectivity index (χ1) is 20.2.